The van der Waals surface area contributed by atoms with E-state index in [1.807, 2.05) is 7.05 Å². The van der Waals surface area contributed by atoms with Crippen LogP contribution in [0.2, 0.25) is 0 Å². The number of aromatic nitrogens is 1. The van der Waals surface area contributed by atoms with Gasteiger partial charge in [0, 0.05) is 26.4 Å². The van der Waals surface area contributed by atoms with Crippen LogP contribution in [0.15, 0.2) is 18.3 Å². The van der Waals surface area contributed by atoms with E-state index in [2.05, 4.69) is 4.98 Å². The number of carbonyl (C=O) groups excluding carboxylic acids is 1. The second-order valence-corrected chi connectivity index (χ2v) is 4.74. The lowest BCUT2D eigenvalue weighted by Gasteiger charge is -2.27. The van der Waals surface area contributed by atoms with Crippen molar-refractivity contribution in [2.24, 2.45) is 5.92 Å². The third kappa shape index (κ3) is 3.20. The molecule has 1 aliphatic heterocycles. The fraction of sp³-hybridized carbons (Fsp3) is 0.538. The molecule has 1 amide bonds. The Balaban J connectivity index is 1.93. The summed E-state index contributed by atoms with van der Waals surface area (Å²) in [5.74, 6) is 0.845. The van der Waals surface area contributed by atoms with E-state index in [0.29, 0.717) is 17.3 Å². The zero-order chi connectivity index (χ0) is 13.0. The van der Waals surface area contributed by atoms with E-state index in [1.54, 1.807) is 17.0 Å². The monoisotopic (exact) mass is 249 g/mol. The molecular weight excluding hydrogens is 230 g/mol. The van der Waals surface area contributed by atoms with Gasteiger partial charge < -0.3 is 15.4 Å². The Morgan fingerprint density at radius 2 is 2.44 bits per heavy atom. The first-order valence-electron chi connectivity index (χ1n) is 6.21. The molecule has 98 valence electrons. The highest BCUT2D eigenvalue weighted by Gasteiger charge is 2.19. The van der Waals surface area contributed by atoms with Gasteiger partial charge in [-0.05, 0) is 30.9 Å². The van der Waals surface area contributed by atoms with E-state index in [0.717, 1.165) is 32.6 Å². The molecule has 2 rings (SSSR count). The van der Waals surface area contributed by atoms with E-state index in [9.17, 15) is 4.79 Å². The highest BCUT2D eigenvalue weighted by molar-refractivity contribution is 5.93. The van der Waals surface area contributed by atoms with Gasteiger partial charge in [-0.15, -0.1) is 0 Å². The molecule has 1 atom stereocenters. The smallest absolute Gasteiger partial charge is 0.255 e. The van der Waals surface area contributed by atoms with Crippen molar-refractivity contribution >= 4 is 11.7 Å². The zero-order valence-corrected chi connectivity index (χ0v) is 10.6. The number of amides is 1. The molecule has 2 heterocycles. The Morgan fingerprint density at radius 1 is 1.61 bits per heavy atom. The lowest BCUT2D eigenvalue weighted by atomic mass is 10.0. The van der Waals surface area contributed by atoms with Crippen LogP contribution >= 0.6 is 0 Å². The average molecular weight is 249 g/mol. The number of rotatable bonds is 3. The van der Waals surface area contributed by atoms with E-state index in [1.165, 1.54) is 6.20 Å². The Labute approximate surface area is 107 Å². The van der Waals surface area contributed by atoms with Gasteiger partial charge in [0.2, 0.25) is 0 Å². The Morgan fingerprint density at radius 3 is 3.06 bits per heavy atom. The summed E-state index contributed by atoms with van der Waals surface area (Å²) in [4.78, 5) is 17.8. The van der Waals surface area contributed by atoms with Crippen LogP contribution in [0.1, 0.15) is 23.2 Å². The number of hydrogen-bond acceptors (Lipinski definition) is 4. The minimum absolute atomic E-state index is 0.0203. The number of hydrogen-bond donors (Lipinski definition) is 1. The van der Waals surface area contributed by atoms with Gasteiger partial charge >= 0.3 is 0 Å². The average Bonchev–Trinajstić information content (AvgIpc) is 2.40. The van der Waals surface area contributed by atoms with Crippen LogP contribution < -0.4 is 5.73 Å². The van der Waals surface area contributed by atoms with Gasteiger partial charge in [0.05, 0.1) is 12.2 Å². The molecule has 1 saturated heterocycles. The standard InChI is InChI=1S/C13H19N3O2/c1-16(8-10-3-2-6-18-9-10)13(17)11-4-5-12(14)15-7-11/h4-5,7,10H,2-3,6,8-9H2,1H3,(H2,14,15). The van der Waals surface area contributed by atoms with E-state index < -0.39 is 0 Å². The molecule has 5 nitrogen and oxygen atoms in total. The van der Waals surface area contributed by atoms with Crippen LogP contribution in [0, 0.1) is 5.92 Å². The number of ether oxygens (including phenoxy) is 1. The number of carbonyl (C=O) groups is 1. The summed E-state index contributed by atoms with van der Waals surface area (Å²) in [5.41, 5.74) is 6.07. The van der Waals surface area contributed by atoms with Gasteiger partial charge in [-0.1, -0.05) is 0 Å². The molecule has 0 aliphatic carbocycles. The highest BCUT2D eigenvalue weighted by atomic mass is 16.5. The molecule has 1 aromatic rings. The van der Waals surface area contributed by atoms with Crippen LogP contribution in [0.3, 0.4) is 0 Å². The summed E-state index contributed by atoms with van der Waals surface area (Å²) in [7, 11) is 1.81. The molecule has 0 saturated carbocycles. The second-order valence-electron chi connectivity index (χ2n) is 4.74. The van der Waals surface area contributed by atoms with Crippen molar-refractivity contribution in [3.05, 3.63) is 23.9 Å². The first-order valence-corrected chi connectivity index (χ1v) is 6.21. The van der Waals surface area contributed by atoms with Gasteiger partial charge in [0.25, 0.3) is 5.91 Å². The van der Waals surface area contributed by atoms with Gasteiger partial charge in [-0.25, -0.2) is 4.98 Å². The molecule has 1 unspecified atom stereocenters. The fourth-order valence-corrected chi connectivity index (χ4v) is 2.17. The van der Waals surface area contributed by atoms with E-state index in [4.69, 9.17) is 10.5 Å². The lowest BCUT2D eigenvalue weighted by molar-refractivity contribution is 0.0388. The van der Waals surface area contributed by atoms with Crippen LogP contribution in [0.5, 0.6) is 0 Å². The predicted molar refractivity (Wildman–Crippen MR) is 69.2 cm³/mol. The van der Waals surface area contributed by atoms with Crippen molar-refractivity contribution in [3.63, 3.8) is 0 Å². The third-order valence-corrected chi connectivity index (χ3v) is 3.17. The minimum atomic E-state index is -0.0203. The molecule has 18 heavy (non-hydrogen) atoms. The number of nitrogens with zero attached hydrogens (tertiary/aromatic N) is 2. The molecule has 0 bridgehead atoms. The fourth-order valence-electron chi connectivity index (χ4n) is 2.17. The maximum absolute atomic E-state index is 12.1. The highest BCUT2D eigenvalue weighted by Crippen LogP contribution is 2.15. The Bertz CT molecular complexity index is 399. The molecule has 1 aliphatic rings. The van der Waals surface area contributed by atoms with Crippen molar-refractivity contribution in [2.45, 2.75) is 12.8 Å². The van der Waals surface area contributed by atoms with Crippen molar-refractivity contribution < 1.29 is 9.53 Å². The van der Waals surface area contributed by atoms with Crippen LogP contribution in [-0.2, 0) is 4.74 Å². The van der Waals surface area contributed by atoms with Crippen LogP contribution in [0.4, 0.5) is 5.82 Å². The maximum Gasteiger partial charge on any atom is 0.255 e. The molecule has 0 radical (unpaired) electrons. The summed E-state index contributed by atoms with van der Waals surface area (Å²) in [6.07, 6.45) is 3.72. The number of anilines is 1. The largest absolute Gasteiger partial charge is 0.384 e. The van der Waals surface area contributed by atoms with Gasteiger partial charge in [0.1, 0.15) is 5.82 Å². The summed E-state index contributed by atoms with van der Waals surface area (Å²) in [6, 6.07) is 3.35. The van der Waals surface area contributed by atoms with Gasteiger partial charge in [0.15, 0.2) is 0 Å². The van der Waals surface area contributed by atoms with Crippen molar-refractivity contribution in [1.29, 1.82) is 0 Å². The van der Waals surface area contributed by atoms with E-state index in [-0.39, 0.29) is 5.91 Å². The van der Waals surface area contributed by atoms with Gasteiger partial charge in [-0.2, -0.15) is 0 Å². The minimum Gasteiger partial charge on any atom is -0.384 e. The number of pyridine rings is 1. The topological polar surface area (TPSA) is 68.5 Å². The van der Waals surface area contributed by atoms with Crippen molar-refractivity contribution in [1.82, 2.24) is 9.88 Å². The molecule has 1 fully saturated rings. The van der Waals surface area contributed by atoms with Gasteiger partial charge in [-0.3, -0.25) is 4.79 Å². The molecule has 2 N–H and O–H groups in total. The number of nitrogens with two attached hydrogens (primary N) is 1. The molecule has 1 aromatic heterocycles. The first-order chi connectivity index (χ1) is 8.66. The normalized spacial score (nSPS) is 19.5. The summed E-state index contributed by atoms with van der Waals surface area (Å²) >= 11 is 0. The summed E-state index contributed by atoms with van der Waals surface area (Å²) in [6.45, 7) is 2.32. The quantitative estimate of drug-likeness (QED) is 0.873. The van der Waals surface area contributed by atoms with Crippen LogP contribution in [0.25, 0.3) is 0 Å². The van der Waals surface area contributed by atoms with Crippen molar-refractivity contribution in [3.8, 4) is 0 Å². The van der Waals surface area contributed by atoms with Crippen LogP contribution in [-0.4, -0.2) is 42.6 Å². The summed E-state index contributed by atoms with van der Waals surface area (Å²) < 4.78 is 5.42. The Kier molecular flexibility index (Phi) is 4.15. The third-order valence-electron chi connectivity index (χ3n) is 3.17. The van der Waals surface area contributed by atoms with E-state index >= 15 is 0 Å². The second kappa shape index (κ2) is 5.82. The lowest BCUT2D eigenvalue weighted by Crippen LogP contribution is -2.35. The SMILES string of the molecule is CN(CC1CCCOC1)C(=O)c1ccc(N)nc1. The summed E-state index contributed by atoms with van der Waals surface area (Å²) in [5, 5.41) is 0. The predicted octanol–water partition coefficient (Wildman–Crippen LogP) is 1.16. The number of nitrogen functional groups attached to an aromatic ring is 1. The molecular formula is C13H19N3O2. The molecule has 5 heteroatoms. The zero-order valence-electron chi connectivity index (χ0n) is 10.6. The maximum atomic E-state index is 12.1. The first kappa shape index (κ1) is 12.8. The molecule has 0 spiro atoms. The Hall–Kier alpha value is -1.62. The molecule has 0 aromatic carbocycles. The van der Waals surface area contributed by atoms with Crippen molar-refractivity contribution in [2.75, 3.05) is 32.5 Å².